The first-order valence-electron chi connectivity index (χ1n) is 7.87. The van der Waals surface area contributed by atoms with Crippen LogP contribution in [0.3, 0.4) is 0 Å². The van der Waals surface area contributed by atoms with Gasteiger partial charge in [0, 0.05) is 15.6 Å². The Hall–Kier alpha value is -2.21. The summed E-state index contributed by atoms with van der Waals surface area (Å²) in [4.78, 5) is 28.4. The summed E-state index contributed by atoms with van der Waals surface area (Å²) >= 11 is 3.43. The molecule has 2 aromatic rings. The highest BCUT2D eigenvalue weighted by molar-refractivity contribution is 9.10. The first-order chi connectivity index (χ1) is 11.7. The smallest absolute Gasteiger partial charge is 0.340 e. The Morgan fingerprint density at radius 3 is 2.52 bits per heavy atom. The van der Waals surface area contributed by atoms with Gasteiger partial charge in [0.1, 0.15) is 0 Å². The minimum absolute atomic E-state index is 0.317. The van der Waals surface area contributed by atoms with Crippen molar-refractivity contribution in [3.63, 3.8) is 0 Å². The van der Waals surface area contributed by atoms with E-state index < -0.39 is 5.97 Å². The van der Waals surface area contributed by atoms with E-state index in [1.54, 1.807) is 19.1 Å². The monoisotopic (exact) mass is 404 g/mol. The number of nitrogens with zero attached hydrogens (tertiary/aromatic N) is 1. The highest BCUT2D eigenvalue weighted by Gasteiger charge is 2.17. The number of ether oxygens (including phenoxy) is 1. The summed E-state index contributed by atoms with van der Waals surface area (Å²) in [7, 11) is 0. The van der Waals surface area contributed by atoms with Gasteiger partial charge in [0.2, 0.25) is 0 Å². The molecule has 6 heteroatoms. The zero-order chi connectivity index (χ0) is 18.6. The van der Waals surface area contributed by atoms with Crippen LogP contribution < -0.4 is 5.32 Å². The summed E-state index contributed by atoms with van der Waals surface area (Å²) in [6, 6.07) is 11.2. The normalized spacial score (nSPS) is 11.1. The van der Waals surface area contributed by atoms with Crippen LogP contribution >= 0.6 is 15.9 Å². The van der Waals surface area contributed by atoms with Crippen LogP contribution in [0.15, 0.2) is 40.9 Å². The van der Waals surface area contributed by atoms with Crippen molar-refractivity contribution >= 4 is 27.8 Å². The molecule has 0 spiro atoms. The standard InChI is InChI=1S/C19H21BrN2O3/c1-12-15(18(24)25-11-17(23)22-19(2,3)4)8-9-16(21-12)13-6-5-7-14(20)10-13/h5-10H,11H2,1-4H3,(H,22,23). The van der Waals surface area contributed by atoms with E-state index >= 15 is 0 Å². The largest absolute Gasteiger partial charge is 0.452 e. The van der Waals surface area contributed by atoms with Crippen molar-refractivity contribution < 1.29 is 14.3 Å². The summed E-state index contributed by atoms with van der Waals surface area (Å²) in [6.07, 6.45) is 0. The van der Waals surface area contributed by atoms with Crippen LogP contribution in [0.5, 0.6) is 0 Å². The van der Waals surface area contributed by atoms with Gasteiger partial charge < -0.3 is 10.1 Å². The summed E-state index contributed by atoms with van der Waals surface area (Å²) in [6.45, 7) is 7.01. The molecular weight excluding hydrogens is 384 g/mol. The summed E-state index contributed by atoms with van der Waals surface area (Å²) in [5.74, 6) is -0.896. The lowest BCUT2D eigenvalue weighted by molar-refractivity contribution is -0.125. The van der Waals surface area contributed by atoms with Gasteiger partial charge in [-0.25, -0.2) is 4.79 Å². The molecule has 1 amide bonds. The van der Waals surface area contributed by atoms with Crippen molar-refractivity contribution in [3.8, 4) is 11.3 Å². The number of amides is 1. The molecule has 0 radical (unpaired) electrons. The third-order valence-corrected chi connectivity index (χ3v) is 3.77. The Morgan fingerprint density at radius 2 is 1.92 bits per heavy atom. The van der Waals surface area contributed by atoms with Gasteiger partial charge in [0.15, 0.2) is 6.61 Å². The third kappa shape index (κ3) is 5.67. The van der Waals surface area contributed by atoms with Gasteiger partial charge in [-0.1, -0.05) is 28.1 Å². The molecule has 0 unspecified atom stereocenters. The Bertz CT molecular complexity index is 797. The van der Waals surface area contributed by atoms with E-state index in [1.165, 1.54) is 0 Å². The third-order valence-electron chi connectivity index (χ3n) is 3.27. The maximum Gasteiger partial charge on any atom is 0.340 e. The van der Waals surface area contributed by atoms with Crippen LogP contribution in [-0.4, -0.2) is 29.0 Å². The van der Waals surface area contributed by atoms with Crippen LogP contribution in [0.25, 0.3) is 11.3 Å². The first-order valence-corrected chi connectivity index (χ1v) is 8.67. The van der Waals surface area contributed by atoms with Crippen molar-refractivity contribution in [2.45, 2.75) is 33.2 Å². The quantitative estimate of drug-likeness (QED) is 0.784. The van der Waals surface area contributed by atoms with Crippen molar-refractivity contribution in [1.82, 2.24) is 10.3 Å². The molecule has 1 aromatic heterocycles. The van der Waals surface area contributed by atoms with Crippen molar-refractivity contribution in [2.75, 3.05) is 6.61 Å². The van der Waals surface area contributed by atoms with Crippen molar-refractivity contribution in [3.05, 3.63) is 52.1 Å². The van der Waals surface area contributed by atoms with Gasteiger partial charge in [-0.15, -0.1) is 0 Å². The number of carbonyl (C=O) groups is 2. The van der Waals surface area contributed by atoms with Gasteiger partial charge in [-0.05, 0) is 52.0 Å². The zero-order valence-electron chi connectivity index (χ0n) is 14.7. The number of esters is 1. The second-order valence-electron chi connectivity index (χ2n) is 6.71. The number of benzene rings is 1. The fourth-order valence-corrected chi connectivity index (χ4v) is 2.65. The Kier molecular flexibility index (Phi) is 5.95. The Morgan fingerprint density at radius 1 is 1.20 bits per heavy atom. The van der Waals surface area contributed by atoms with E-state index in [1.807, 2.05) is 45.0 Å². The number of pyridine rings is 1. The Labute approximate surface area is 155 Å². The molecule has 132 valence electrons. The fraction of sp³-hybridized carbons (Fsp3) is 0.316. The van der Waals surface area contributed by atoms with Crippen LogP contribution in [0.4, 0.5) is 0 Å². The number of halogens is 1. The number of aromatic nitrogens is 1. The molecule has 0 aliphatic heterocycles. The molecule has 0 fully saturated rings. The highest BCUT2D eigenvalue weighted by Crippen LogP contribution is 2.22. The molecule has 1 N–H and O–H groups in total. The maximum absolute atomic E-state index is 12.2. The lowest BCUT2D eigenvalue weighted by atomic mass is 10.1. The van der Waals surface area contributed by atoms with Crippen molar-refractivity contribution in [1.29, 1.82) is 0 Å². The molecule has 1 aromatic carbocycles. The first kappa shape index (κ1) is 19.1. The summed E-state index contributed by atoms with van der Waals surface area (Å²) in [5, 5.41) is 2.74. The van der Waals surface area contributed by atoms with Gasteiger partial charge in [-0.2, -0.15) is 0 Å². The predicted octanol–water partition coefficient (Wildman–Crippen LogP) is 3.89. The molecule has 5 nitrogen and oxygen atoms in total. The van der Waals surface area contributed by atoms with Gasteiger partial charge >= 0.3 is 5.97 Å². The van der Waals surface area contributed by atoms with Crippen LogP contribution in [0, 0.1) is 6.92 Å². The van der Waals surface area contributed by atoms with E-state index in [2.05, 4.69) is 26.2 Å². The minimum atomic E-state index is -0.560. The van der Waals surface area contributed by atoms with Crippen LogP contribution in [-0.2, 0) is 9.53 Å². The number of hydrogen-bond acceptors (Lipinski definition) is 4. The second-order valence-corrected chi connectivity index (χ2v) is 7.63. The van der Waals surface area contributed by atoms with Gasteiger partial charge in [0.25, 0.3) is 5.91 Å². The molecule has 0 saturated carbocycles. The van der Waals surface area contributed by atoms with E-state index in [0.717, 1.165) is 15.7 Å². The maximum atomic E-state index is 12.2. The molecule has 25 heavy (non-hydrogen) atoms. The van der Waals surface area contributed by atoms with Crippen molar-refractivity contribution in [2.24, 2.45) is 0 Å². The average molecular weight is 405 g/mol. The zero-order valence-corrected chi connectivity index (χ0v) is 16.3. The molecule has 0 bridgehead atoms. The molecule has 1 heterocycles. The number of nitrogens with one attached hydrogen (secondary N) is 1. The summed E-state index contributed by atoms with van der Waals surface area (Å²) < 4.78 is 6.04. The van der Waals surface area contributed by atoms with Gasteiger partial charge in [-0.3, -0.25) is 9.78 Å². The predicted molar refractivity (Wildman–Crippen MR) is 100 cm³/mol. The van der Waals surface area contributed by atoms with Crippen LogP contribution in [0.1, 0.15) is 36.8 Å². The van der Waals surface area contributed by atoms with Gasteiger partial charge in [0.05, 0.1) is 17.0 Å². The Balaban J connectivity index is 2.07. The SMILES string of the molecule is Cc1nc(-c2cccc(Br)c2)ccc1C(=O)OCC(=O)NC(C)(C)C. The molecule has 0 aliphatic carbocycles. The molecule has 0 aliphatic rings. The van der Waals surface area contributed by atoms with E-state index in [9.17, 15) is 9.59 Å². The fourth-order valence-electron chi connectivity index (χ4n) is 2.25. The highest BCUT2D eigenvalue weighted by atomic mass is 79.9. The number of carbonyl (C=O) groups excluding carboxylic acids is 2. The second kappa shape index (κ2) is 7.78. The number of rotatable bonds is 4. The molecule has 2 rings (SSSR count). The number of aryl methyl sites for hydroxylation is 1. The van der Waals surface area contributed by atoms with Crippen LogP contribution in [0.2, 0.25) is 0 Å². The molecular formula is C19H21BrN2O3. The lowest BCUT2D eigenvalue weighted by Crippen LogP contribution is -2.42. The van der Waals surface area contributed by atoms with E-state index in [4.69, 9.17) is 4.74 Å². The summed E-state index contributed by atoms with van der Waals surface area (Å²) in [5.41, 5.74) is 2.25. The molecule has 0 saturated heterocycles. The molecule has 0 atom stereocenters. The average Bonchev–Trinajstić information content (AvgIpc) is 2.51. The van der Waals surface area contributed by atoms with E-state index in [0.29, 0.717) is 11.3 Å². The topological polar surface area (TPSA) is 68.3 Å². The lowest BCUT2D eigenvalue weighted by Gasteiger charge is -2.20. The number of hydrogen-bond donors (Lipinski definition) is 1. The minimum Gasteiger partial charge on any atom is -0.452 e. The van der Waals surface area contributed by atoms with E-state index in [-0.39, 0.29) is 18.1 Å².